The Bertz CT molecular complexity index is 634. The van der Waals surface area contributed by atoms with Gasteiger partial charge < -0.3 is 10.6 Å². The van der Waals surface area contributed by atoms with Crippen LogP contribution in [0.4, 0.5) is 11.8 Å². The minimum atomic E-state index is -0.0498. The number of hydrogen-bond acceptors (Lipinski definition) is 4. The van der Waals surface area contributed by atoms with E-state index in [1.165, 1.54) is 25.7 Å². The Hall–Kier alpha value is -0.790. The molecule has 2 atom stereocenters. The second-order valence-corrected chi connectivity index (χ2v) is 8.35. The van der Waals surface area contributed by atoms with E-state index in [0.717, 1.165) is 30.9 Å². The fraction of sp³-hybridized carbons (Fsp3) is 0.750. The molecule has 122 valence electrons. The maximum Gasteiger partial charge on any atom is 0.270 e. The highest BCUT2D eigenvalue weighted by Crippen LogP contribution is 2.52. The maximum atomic E-state index is 12.2. The van der Waals surface area contributed by atoms with E-state index in [4.69, 9.17) is 5.73 Å². The Balaban J connectivity index is 1.82. The van der Waals surface area contributed by atoms with Gasteiger partial charge in [-0.3, -0.25) is 9.36 Å². The molecule has 1 aliphatic heterocycles. The van der Waals surface area contributed by atoms with E-state index < -0.39 is 0 Å². The van der Waals surface area contributed by atoms with E-state index in [0.29, 0.717) is 14.8 Å². The number of anilines is 2. The van der Waals surface area contributed by atoms with Gasteiger partial charge in [0.25, 0.3) is 5.56 Å². The number of nitrogens with two attached hydrogens (primary N) is 1. The van der Waals surface area contributed by atoms with Crippen molar-refractivity contribution in [2.75, 3.05) is 23.7 Å². The zero-order chi connectivity index (χ0) is 16.1. The van der Waals surface area contributed by atoms with E-state index in [2.05, 4.69) is 23.7 Å². The molecule has 22 heavy (non-hydrogen) atoms. The van der Waals surface area contributed by atoms with Crippen molar-refractivity contribution < 1.29 is 0 Å². The molecule has 2 fully saturated rings. The van der Waals surface area contributed by atoms with Gasteiger partial charge in [0, 0.05) is 20.1 Å². The van der Waals surface area contributed by atoms with E-state index >= 15 is 0 Å². The molecule has 1 saturated carbocycles. The quantitative estimate of drug-likeness (QED) is 0.715. The van der Waals surface area contributed by atoms with Crippen LogP contribution < -0.4 is 16.2 Å². The number of nitrogen functional groups attached to an aromatic ring is 1. The third kappa shape index (κ3) is 2.53. The number of halogens is 1. The van der Waals surface area contributed by atoms with Gasteiger partial charge in [0.05, 0.1) is 0 Å². The van der Waals surface area contributed by atoms with Crippen molar-refractivity contribution in [2.24, 2.45) is 24.3 Å². The topological polar surface area (TPSA) is 64.2 Å². The molecule has 1 spiro atoms. The maximum absolute atomic E-state index is 12.2. The Morgan fingerprint density at radius 3 is 2.50 bits per heavy atom. The van der Waals surface area contributed by atoms with E-state index in [1.807, 2.05) is 22.6 Å². The molecule has 1 aromatic rings. The van der Waals surface area contributed by atoms with Gasteiger partial charge in [0.1, 0.15) is 9.39 Å². The second-order valence-electron chi connectivity index (χ2n) is 7.27. The fourth-order valence-electron chi connectivity index (χ4n) is 4.54. The zero-order valence-electron chi connectivity index (χ0n) is 13.6. The lowest BCUT2D eigenvalue weighted by atomic mass is 9.71. The highest BCUT2D eigenvalue weighted by atomic mass is 127. The lowest BCUT2D eigenvalue weighted by Gasteiger charge is -2.43. The molecule has 0 unspecified atom stereocenters. The van der Waals surface area contributed by atoms with Crippen LogP contribution in [0.2, 0.25) is 0 Å². The molecule has 1 aromatic heterocycles. The second kappa shape index (κ2) is 5.69. The minimum Gasteiger partial charge on any atom is -0.383 e. The summed E-state index contributed by atoms with van der Waals surface area (Å²) in [4.78, 5) is 18.9. The molecule has 6 heteroatoms. The van der Waals surface area contributed by atoms with Gasteiger partial charge in [-0.15, -0.1) is 0 Å². The van der Waals surface area contributed by atoms with Crippen LogP contribution in [0, 0.1) is 20.8 Å². The summed E-state index contributed by atoms with van der Waals surface area (Å²) in [6, 6.07) is 0. The highest BCUT2D eigenvalue weighted by molar-refractivity contribution is 14.1. The summed E-state index contributed by atoms with van der Waals surface area (Å²) in [5.74, 6) is 2.72. The Morgan fingerprint density at radius 2 is 1.95 bits per heavy atom. The van der Waals surface area contributed by atoms with Gasteiger partial charge in [-0.25, -0.2) is 0 Å². The van der Waals surface area contributed by atoms with Gasteiger partial charge in [-0.2, -0.15) is 4.98 Å². The average Bonchev–Trinajstić information content (AvgIpc) is 2.76. The molecule has 2 aliphatic rings. The summed E-state index contributed by atoms with van der Waals surface area (Å²) in [5, 5.41) is 0. The first-order chi connectivity index (χ1) is 10.3. The molecule has 0 radical (unpaired) electrons. The standard InChI is InChI=1S/C16H25IN4O/c1-10-8-11(2)16(9-10)4-6-21(7-5-16)15-19-13(18)12(17)14(22)20(15)3/h10-11H,4-9,18H2,1-3H3/t10-,11+/m0/s1. The van der Waals surface area contributed by atoms with Crippen LogP contribution in [0.15, 0.2) is 4.79 Å². The van der Waals surface area contributed by atoms with Crippen molar-refractivity contribution in [3.63, 3.8) is 0 Å². The normalized spacial score (nSPS) is 27.5. The minimum absolute atomic E-state index is 0.0498. The summed E-state index contributed by atoms with van der Waals surface area (Å²) in [6.07, 6.45) is 5.09. The van der Waals surface area contributed by atoms with Crippen LogP contribution >= 0.6 is 22.6 Å². The van der Waals surface area contributed by atoms with Gasteiger partial charge >= 0.3 is 0 Å². The fourth-order valence-corrected chi connectivity index (χ4v) is 5.03. The van der Waals surface area contributed by atoms with Crippen molar-refractivity contribution in [2.45, 2.75) is 39.5 Å². The molecule has 1 aliphatic carbocycles. The largest absolute Gasteiger partial charge is 0.383 e. The molecule has 2 heterocycles. The lowest BCUT2D eigenvalue weighted by Crippen LogP contribution is -2.44. The Labute approximate surface area is 145 Å². The molecule has 3 rings (SSSR count). The molecule has 2 N–H and O–H groups in total. The van der Waals surface area contributed by atoms with Crippen LogP contribution in [0.3, 0.4) is 0 Å². The summed E-state index contributed by atoms with van der Waals surface area (Å²) in [6.45, 7) is 6.73. The first kappa shape index (κ1) is 16.1. The van der Waals surface area contributed by atoms with Crippen LogP contribution in [-0.2, 0) is 7.05 Å². The van der Waals surface area contributed by atoms with Gasteiger partial charge in [-0.05, 0) is 65.5 Å². The van der Waals surface area contributed by atoms with Crippen LogP contribution in [-0.4, -0.2) is 22.6 Å². The highest BCUT2D eigenvalue weighted by Gasteiger charge is 2.45. The van der Waals surface area contributed by atoms with Gasteiger partial charge in [0.15, 0.2) is 0 Å². The predicted octanol–water partition coefficient (Wildman–Crippen LogP) is 2.62. The van der Waals surface area contributed by atoms with Crippen molar-refractivity contribution in [1.82, 2.24) is 9.55 Å². The number of hydrogen-bond donors (Lipinski definition) is 1. The summed E-state index contributed by atoms with van der Waals surface area (Å²) in [5.41, 5.74) is 6.35. The molecule has 0 aromatic carbocycles. The summed E-state index contributed by atoms with van der Waals surface area (Å²) >= 11 is 1.97. The van der Waals surface area contributed by atoms with Gasteiger partial charge in [-0.1, -0.05) is 13.8 Å². The molecule has 1 saturated heterocycles. The lowest BCUT2D eigenvalue weighted by molar-refractivity contribution is 0.158. The SMILES string of the molecule is C[C@H]1C[C@@H](C)C2(CCN(c3nc(N)c(I)c(=O)n3C)CC2)C1. The molecular weight excluding hydrogens is 391 g/mol. The van der Waals surface area contributed by atoms with Crippen molar-refractivity contribution in [3.8, 4) is 0 Å². The average molecular weight is 416 g/mol. The molecule has 5 nitrogen and oxygen atoms in total. The van der Waals surface area contributed by atoms with E-state index in [9.17, 15) is 4.79 Å². The Kier molecular flexibility index (Phi) is 4.16. The monoisotopic (exact) mass is 416 g/mol. The van der Waals surface area contributed by atoms with Crippen molar-refractivity contribution >= 4 is 34.4 Å². The van der Waals surface area contributed by atoms with Gasteiger partial charge in [0.2, 0.25) is 5.95 Å². The number of aromatic nitrogens is 2. The summed E-state index contributed by atoms with van der Waals surface area (Å²) in [7, 11) is 1.79. The molecule has 0 bridgehead atoms. The number of nitrogens with zero attached hydrogens (tertiary/aromatic N) is 3. The zero-order valence-corrected chi connectivity index (χ0v) is 15.8. The Morgan fingerprint density at radius 1 is 1.32 bits per heavy atom. The molecule has 0 amide bonds. The van der Waals surface area contributed by atoms with Crippen molar-refractivity contribution in [1.29, 1.82) is 0 Å². The third-order valence-corrected chi connectivity index (χ3v) is 6.85. The predicted molar refractivity (Wildman–Crippen MR) is 98.0 cm³/mol. The van der Waals surface area contributed by atoms with Crippen LogP contribution in [0.1, 0.15) is 39.5 Å². The molecular formula is C16H25IN4O. The van der Waals surface area contributed by atoms with Crippen LogP contribution in [0.25, 0.3) is 0 Å². The first-order valence-electron chi connectivity index (χ1n) is 8.11. The number of piperidine rings is 1. The van der Waals surface area contributed by atoms with Crippen LogP contribution in [0.5, 0.6) is 0 Å². The first-order valence-corrected chi connectivity index (χ1v) is 9.19. The van der Waals surface area contributed by atoms with Crippen molar-refractivity contribution in [3.05, 3.63) is 13.9 Å². The number of rotatable bonds is 1. The van der Waals surface area contributed by atoms with E-state index in [1.54, 1.807) is 11.6 Å². The van der Waals surface area contributed by atoms with E-state index in [-0.39, 0.29) is 5.56 Å². The smallest absolute Gasteiger partial charge is 0.270 e. The summed E-state index contributed by atoms with van der Waals surface area (Å²) < 4.78 is 2.15. The third-order valence-electron chi connectivity index (χ3n) is 5.84.